The summed E-state index contributed by atoms with van der Waals surface area (Å²) in [4.78, 5) is 72.3. The van der Waals surface area contributed by atoms with E-state index in [4.69, 9.17) is 10.6 Å². The van der Waals surface area contributed by atoms with Crippen molar-refractivity contribution in [3.05, 3.63) is 82.9 Å². The molecule has 4 aliphatic heterocycles. The first kappa shape index (κ1) is 50.8. The molecule has 2 unspecified atom stereocenters. The second kappa shape index (κ2) is 23.0. The Morgan fingerprint density at radius 3 is 2.42 bits per heavy atom. The largest absolute Gasteiger partial charge is 0.399 e. The van der Waals surface area contributed by atoms with Gasteiger partial charge in [0.25, 0.3) is 11.8 Å². The van der Waals surface area contributed by atoms with Crippen molar-refractivity contribution in [2.24, 2.45) is 11.1 Å². The fourth-order valence-electron chi connectivity index (χ4n) is 9.91. The third kappa shape index (κ3) is 12.8. The minimum atomic E-state index is -0.586. The number of hydrogen-bond donors (Lipinski definition) is 6. The first-order valence-electron chi connectivity index (χ1n) is 24.5. The molecule has 4 amide bonds. The van der Waals surface area contributed by atoms with Gasteiger partial charge in [0.15, 0.2) is 0 Å². The zero-order valence-corrected chi connectivity index (χ0v) is 40.6. The van der Waals surface area contributed by atoms with E-state index >= 15 is 8.78 Å². The summed E-state index contributed by atoms with van der Waals surface area (Å²) in [6, 6.07) is 9.18. The van der Waals surface area contributed by atoms with Crippen molar-refractivity contribution in [1.29, 1.82) is 0 Å². The number of unbranched alkanes of at least 4 members (excludes halogenated alkanes) is 3. The van der Waals surface area contributed by atoms with Crippen LogP contribution in [0.15, 0.2) is 54.6 Å². The van der Waals surface area contributed by atoms with E-state index in [1.807, 2.05) is 19.1 Å². The van der Waals surface area contributed by atoms with Crippen LogP contribution < -0.4 is 42.3 Å². The lowest BCUT2D eigenvalue weighted by Gasteiger charge is -2.48. The first-order valence-corrected chi connectivity index (χ1v) is 24.5. The van der Waals surface area contributed by atoms with Gasteiger partial charge in [0, 0.05) is 74.5 Å². The number of carbonyl (C=O) groups excluding carboxylic acids is 4. The van der Waals surface area contributed by atoms with Gasteiger partial charge in [-0.25, -0.2) is 24.2 Å². The quantitative estimate of drug-likeness (QED) is 0.0294. The van der Waals surface area contributed by atoms with Crippen LogP contribution in [-0.4, -0.2) is 120 Å². The summed E-state index contributed by atoms with van der Waals surface area (Å²) in [5.74, 6) is -0.533. The van der Waals surface area contributed by atoms with Gasteiger partial charge in [-0.15, -0.1) is 0 Å². The van der Waals surface area contributed by atoms with Gasteiger partial charge >= 0.3 is 0 Å². The molecule has 3 fully saturated rings. The number of imide groups is 1. The summed E-state index contributed by atoms with van der Waals surface area (Å²) in [5.41, 5.74) is 10.6. The van der Waals surface area contributed by atoms with E-state index < -0.39 is 29.3 Å². The number of carbonyl (C=O) groups is 4. The minimum absolute atomic E-state index is 0.0359. The molecule has 0 bridgehead atoms. The lowest BCUT2D eigenvalue weighted by atomic mass is 9.82. The minimum Gasteiger partial charge on any atom is -0.399 e. The number of nitrogens with zero attached hydrogens (tertiary/aromatic N) is 6. The maximum absolute atomic E-state index is 15.7. The molecule has 2 atom stereocenters. The van der Waals surface area contributed by atoms with Crippen molar-refractivity contribution in [3.8, 4) is 0 Å². The van der Waals surface area contributed by atoms with Crippen molar-refractivity contribution in [1.82, 2.24) is 35.9 Å². The summed E-state index contributed by atoms with van der Waals surface area (Å²) in [6.45, 7) is 13.6. The Bertz CT molecular complexity index is 2310. The van der Waals surface area contributed by atoms with Crippen LogP contribution in [-0.2, 0) is 21.0 Å². The van der Waals surface area contributed by atoms with Crippen molar-refractivity contribution in [2.75, 3.05) is 79.3 Å². The summed E-state index contributed by atoms with van der Waals surface area (Å²) in [6.07, 6.45) is 11.4. The molecule has 374 valence electrons. The number of nitrogens with one attached hydrogen (secondary N) is 5. The second-order valence-electron chi connectivity index (χ2n) is 19.8. The molecule has 1 aromatic heterocycles. The molecule has 19 heteroatoms. The number of piperazine rings is 1. The summed E-state index contributed by atoms with van der Waals surface area (Å²) in [5, 5.41) is 13.1. The van der Waals surface area contributed by atoms with Crippen molar-refractivity contribution < 1.29 is 32.8 Å². The van der Waals surface area contributed by atoms with E-state index in [1.54, 1.807) is 30.2 Å². The number of fused-ring (bicyclic) bond motifs is 1. The average molecular weight is 957 g/mol. The number of rotatable bonds is 23. The number of hydrogen-bond acceptors (Lipinski definition) is 14. The van der Waals surface area contributed by atoms with Crippen LogP contribution >= 0.6 is 0 Å². The Labute approximate surface area is 404 Å². The molecule has 17 nitrogen and oxygen atoms in total. The Balaban J connectivity index is 0.803. The zero-order valence-electron chi connectivity index (χ0n) is 40.6. The molecule has 0 radical (unpaired) electrons. The van der Waals surface area contributed by atoms with Gasteiger partial charge in [0.1, 0.15) is 35.7 Å². The number of amides is 4. The number of likely N-dealkylation sites (tertiary alicyclic amines) is 1. The third-order valence-corrected chi connectivity index (χ3v) is 14.0. The van der Waals surface area contributed by atoms with Crippen molar-refractivity contribution >= 4 is 47.1 Å². The maximum Gasteiger partial charge on any atom is 0.264 e. The summed E-state index contributed by atoms with van der Waals surface area (Å²) < 4.78 is 31.2. The molecule has 3 aromatic rings. The van der Waals surface area contributed by atoms with Crippen LogP contribution in [0.1, 0.15) is 118 Å². The highest BCUT2D eigenvalue weighted by molar-refractivity contribution is 6.24. The molecule has 7 rings (SSSR count). The number of nitrogens with two attached hydrogens (primary N) is 1. The van der Waals surface area contributed by atoms with Crippen molar-refractivity contribution in [3.63, 3.8) is 0 Å². The van der Waals surface area contributed by atoms with Gasteiger partial charge in [-0.2, -0.15) is 0 Å². The Morgan fingerprint density at radius 2 is 1.68 bits per heavy atom. The molecule has 4 aliphatic rings. The number of benzene rings is 2. The highest BCUT2D eigenvalue weighted by Gasteiger charge is 2.44. The molecule has 0 saturated carbocycles. The predicted octanol–water partition coefficient (Wildman–Crippen LogP) is 5.66. The highest BCUT2D eigenvalue weighted by Crippen LogP contribution is 2.36. The Kier molecular flexibility index (Phi) is 16.9. The third-order valence-electron chi connectivity index (χ3n) is 14.0. The first-order chi connectivity index (χ1) is 33.2. The van der Waals surface area contributed by atoms with Gasteiger partial charge in [-0.05, 0) is 88.6 Å². The number of piperidine rings is 2. The van der Waals surface area contributed by atoms with Gasteiger partial charge in [0.05, 0.1) is 41.5 Å². The van der Waals surface area contributed by atoms with Gasteiger partial charge < -0.3 is 36.8 Å². The Hall–Kier alpha value is -6.08. The van der Waals surface area contributed by atoms with Gasteiger partial charge in [-0.3, -0.25) is 33.8 Å². The topological polar surface area (TPSA) is 202 Å². The fraction of sp³-hybridized carbons (Fsp3) is 0.560. The number of hydroxylamine groups is 1. The molecule has 3 saturated heterocycles. The molecule has 2 aromatic carbocycles. The molecule has 5 heterocycles. The Morgan fingerprint density at radius 1 is 0.928 bits per heavy atom. The van der Waals surface area contributed by atoms with Crippen LogP contribution in [0.5, 0.6) is 0 Å². The standard InChI is InChI=1S/C50H70F2N12O5/c1-5-11-41(34(2)69-59-33-65)64-47(67)37-12-10-13-40(46(37)48(64)68)55-19-9-7-6-8-18-54-27-36(53)28-56-43-26-44(58-32-57-43)62-22-16-50(17-23-62)31-63(30-45(66)60-50)42-25-38(51)35(24-39(42)52)29-61-20-14-49(3,4)15-21-61/h10,12-13,24-27,32-34,41,54-55H,5-9,11,14-23,28-31,53H2,1-4H3,(H,59,65)(H,60,66)(H,56,57,58)/b36-27-. The monoisotopic (exact) mass is 957 g/mol. The predicted molar refractivity (Wildman–Crippen MR) is 262 cm³/mol. The highest BCUT2D eigenvalue weighted by atomic mass is 19.1. The second-order valence-corrected chi connectivity index (χ2v) is 19.8. The average Bonchev–Trinajstić information content (AvgIpc) is 3.58. The van der Waals surface area contributed by atoms with Crippen LogP contribution in [0.4, 0.5) is 31.8 Å². The van der Waals surface area contributed by atoms with E-state index in [0.29, 0.717) is 98.8 Å². The van der Waals surface area contributed by atoms with Crippen LogP contribution in [0.25, 0.3) is 0 Å². The van der Waals surface area contributed by atoms with E-state index in [9.17, 15) is 19.2 Å². The summed E-state index contributed by atoms with van der Waals surface area (Å²) in [7, 11) is 0. The molecule has 69 heavy (non-hydrogen) atoms. The normalized spacial score (nSPS) is 19.0. The zero-order chi connectivity index (χ0) is 49.1. The fourth-order valence-corrected chi connectivity index (χ4v) is 9.91. The van der Waals surface area contributed by atoms with Crippen LogP contribution in [0.3, 0.4) is 0 Å². The molecule has 1 spiro atoms. The van der Waals surface area contributed by atoms with Crippen molar-refractivity contribution in [2.45, 2.75) is 116 Å². The molecule has 0 aliphatic carbocycles. The molecular weight excluding hydrogens is 887 g/mol. The lowest BCUT2D eigenvalue weighted by molar-refractivity contribution is -0.127. The maximum atomic E-state index is 15.7. The number of aromatic nitrogens is 2. The van der Waals surface area contributed by atoms with Crippen LogP contribution in [0.2, 0.25) is 0 Å². The van der Waals surface area contributed by atoms with E-state index in [1.165, 1.54) is 23.4 Å². The van der Waals surface area contributed by atoms with E-state index in [2.05, 4.69) is 60.4 Å². The number of halogens is 2. The smallest absolute Gasteiger partial charge is 0.264 e. The molecular formula is C50H70F2N12O5. The van der Waals surface area contributed by atoms with Gasteiger partial charge in [-0.1, -0.05) is 46.1 Å². The molecule has 7 N–H and O–H groups in total. The lowest BCUT2D eigenvalue weighted by Crippen LogP contribution is -2.66. The SMILES string of the molecule is CCCC(C(C)ONC=O)N1C(=O)c2cccc(NCCCCCCN/C=C(\N)CNc3cc(N4CCC5(CC4)CN(c4cc(F)c(CN6CCC(C)(C)CC6)cc4F)CC(=O)N5)ncn3)c2C1=O. The summed E-state index contributed by atoms with van der Waals surface area (Å²) >= 11 is 0. The van der Waals surface area contributed by atoms with E-state index in [0.717, 1.165) is 70.4 Å². The number of anilines is 4. The van der Waals surface area contributed by atoms with Gasteiger partial charge in [0.2, 0.25) is 12.3 Å². The van der Waals surface area contributed by atoms with Crippen LogP contribution in [0, 0.1) is 17.0 Å². The van der Waals surface area contributed by atoms with E-state index in [-0.39, 0.29) is 35.4 Å².